The molecule has 0 aromatic heterocycles. The molecular weight excluding hydrogens is 476 g/mol. The molecule has 0 radical (unpaired) electrons. The summed E-state index contributed by atoms with van der Waals surface area (Å²) in [6.45, 7) is 4.45. The summed E-state index contributed by atoms with van der Waals surface area (Å²) in [6, 6.07) is 4.64. The Morgan fingerprint density at radius 1 is 0.750 bits per heavy atom. The maximum atomic E-state index is 13.4. The van der Waals surface area contributed by atoms with Gasteiger partial charge in [-0.3, -0.25) is 34.8 Å². The number of hydrogen-bond donors (Lipinski definition) is 2. The zero-order chi connectivity index (χ0) is 25.8. The monoisotopic (exact) mass is 502 g/mol. The van der Waals surface area contributed by atoms with E-state index in [2.05, 4.69) is 0 Å². The summed E-state index contributed by atoms with van der Waals surface area (Å²) in [7, 11) is 0. The Hall–Kier alpha value is -3.65. The number of nitro benzene ring substituents is 2. The van der Waals surface area contributed by atoms with Crippen molar-refractivity contribution in [2.24, 2.45) is 0 Å². The van der Waals surface area contributed by atoms with Crippen LogP contribution in [0.4, 0.5) is 11.4 Å². The van der Waals surface area contributed by atoms with Gasteiger partial charge < -0.3 is 19.7 Å². The molecule has 0 aliphatic carbocycles. The van der Waals surface area contributed by atoms with Crippen LogP contribution in [0.15, 0.2) is 24.3 Å². The van der Waals surface area contributed by atoms with Gasteiger partial charge in [0.1, 0.15) is 0 Å². The van der Waals surface area contributed by atoms with Gasteiger partial charge in [0.25, 0.3) is 0 Å². The Morgan fingerprint density at radius 3 is 1.44 bits per heavy atom. The van der Waals surface area contributed by atoms with Crippen molar-refractivity contribution in [3.8, 4) is 11.5 Å². The molecule has 0 unspecified atom stereocenters. The van der Waals surface area contributed by atoms with Gasteiger partial charge in [0, 0.05) is 73.7 Å². The average Bonchev–Trinajstić information content (AvgIpc) is 2.87. The first-order chi connectivity index (χ1) is 17.2. The van der Waals surface area contributed by atoms with E-state index in [9.17, 15) is 35.2 Å². The molecule has 0 amide bonds. The number of aromatic hydroxyl groups is 2. The SMILES string of the molecule is O=C(c1cc(CN2CCOCC2)c(O)c([N+](=O)[O-])c1)c1cc(CN2CCOCC2)c(O)c([N+](=O)[O-])c1. The predicted octanol–water partition coefficient (Wildman–Crippen LogP) is 1.81. The summed E-state index contributed by atoms with van der Waals surface area (Å²) in [6.07, 6.45) is 0. The maximum Gasteiger partial charge on any atom is 0.311 e. The number of ketones is 1. The van der Waals surface area contributed by atoms with Crippen molar-refractivity contribution in [3.05, 3.63) is 66.7 Å². The fraction of sp³-hybridized carbons (Fsp3) is 0.435. The molecule has 2 aliphatic rings. The zero-order valence-electron chi connectivity index (χ0n) is 19.4. The highest BCUT2D eigenvalue weighted by atomic mass is 16.6. The van der Waals surface area contributed by atoms with E-state index in [0.29, 0.717) is 52.6 Å². The topological polar surface area (TPSA) is 169 Å². The first kappa shape index (κ1) is 25.4. The van der Waals surface area contributed by atoms with Crippen LogP contribution in [-0.4, -0.2) is 88.2 Å². The number of nitro groups is 2. The van der Waals surface area contributed by atoms with Crippen molar-refractivity contribution in [1.82, 2.24) is 9.80 Å². The third-order valence-corrected chi connectivity index (χ3v) is 6.25. The van der Waals surface area contributed by atoms with Crippen LogP contribution in [0.2, 0.25) is 0 Å². The first-order valence-electron chi connectivity index (χ1n) is 11.4. The second-order valence-corrected chi connectivity index (χ2v) is 8.63. The lowest BCUT2D eigenvalue weighted by Crippen LogP contribution is -2.35. The molecule has 192 valence electrons. The molecule has 36 heavy (non-hydrogen) atoms. The quantitative estimate of drug-likeness (QED) is 0.307. The van der Waals surface area contributed by atoms with Crippen LogP contribution in [0, 0.1) is 20.2 Å². The van der Waals surface area contributed by atoms with Gasteiger partial charge in [-0.1, -0.05) is 0 Å². The van der Waals surface area contributed by atoms with Gasteiger partial charge in [-0.25, -0.2) is 0 Å². The number of benzene rings is 2. The molecule has 13 heteroatoms. The molecule has 2 N–H and O–H groups in total. The van der Waals surface area contributed by atoms with Crippen LogP contribution in [0.25, 0.3) is 0 Å². The zero-order valence-corrected chi connectivity index (χ0v) is 19.4. The number of ether oxygens (including phenoxy) is 2. The highest BCUT2D eigenvalue weighted by Crippen LogP contribution is 2.36. The summed E-state index contributed by atoms with van der Waals surface area (Å²) >= 11 is 0. The Balaban J connectivity index is 1.72. The fourth-order valence-electron chi connectivity index (χ4n) is 4.30. The molecule has 2 aromatic rings. The summed E-state index contributed by atoms with van der Waals surface area (Å²) in [4.78, 5) is 38.9. The third-order valence-electron chi connectivity index (χ3n) is 6.25. The van der Waals surface area contributed by atoms with Crippen LogP contribution in [0.1, 0.15) is 27.0 Å². The van der Waals surface area contributed by atoms with E-state index in [-0.39, 0.29) is 35.3 Å². The largest absolute Gasteiger partial charge is 0.502 e. The van der Waals surface area contributed by atoms with E-state index >= 15 is 0 Å². The van der Waals surface area contributed by atoms with Crippen molar-refractivity contribution in [2.45, 2.75) is 13.1 Å². The number of morpholine rings is 2. The number of nitrogens with zero attached hydrogens (tertiary/aromatic N) is 4. The van der Waals surface area contributed by atoms with Crippen molar-refractivity contribution in [3.63, 3.8) is 0 Å². The number of rotatable bonds is 8. The van der Waals surface area contributed by atoms with Crippen molar-refractivity contribution >= 4 is 17.2 Å². The van der Waals surface area contributed by atoms with Gasteiger partial charge in [0.2, 0.25) is 0 Å². The van der Waals surface area contributed by atoms with E-state index in [0.717, 1.165) is 12.1 Å². The van der Waals surface area contributed by atoms with Gasteiger partial charge in [0.15, 0.2) is 17.3 Å². The average molecular weight is 502 g/mol. The molecule has 2 heterocycles. The second-order valence-electron chi connectivity index (χ2n) is 8.63. The minimum Gasteiger partial charge on any atom is -0.502 e. The predicted molar refractivity (Wildman–Crippen MR) is 125 cm³/mol. The molecule has 0 atom stereocenters. The molecule has 2 saturated heterocycles. The van der Waals surface area contributed by atoms with Gasteiger partial charge in [-0.05, 0) is 12.1 Å². The first-order valence-corrected chi connectivity index (χ1v) is 11.4. The molecular formula is C23H26N4O9. The van der Waals surface area contributed by atoms with Crippen LogP contribution < -0.4 is 0 Å². The van der Waals surface area contributed by atoms with Gasteiger partial charge in [-0.2, -0.15) is 0 Å². The minimum absolute atomic E-state index is 0.0972. The number of phenols is 2. The Labute approximate surface area is 205 Å². The molecule has 0 spiro atoms. The van der Waals surface area contributed by atoms with E-state index < -0.39 is 38.5 Å². The molecule has 13 nitrogen and oxygen atoms in total. The number of carbonyl (C=O) groups is 1. The molecule has 2 fully saturated rings. The van der Waals surface area contributed by atoms with Crippen molar-refractivity contribution in [1.29, 1.82) is 0 Å². The van der Waals surface area contributed by atoms with Gasteiger partial charge in [-0.15, -0.1) is 0 Å². The summed E-state index contributed by atoms with van der Waals surface area (Å²) in [5, 5.41) is 44.2. The van der Waals surface area contributed by atoms with Gasteiger partial charge in [0.05, 0.1) is 36.3 Å². The summed E-state index contributed by atoms with van der Waals surface area (Å²) < 4.78 is 10.6. The van der Waals surface area contributed by atoms with Crippen molar-refractivity contribution in [2.75, 3.05) is 52.6 Å². The van der Waals surface area contributed by atoms with E-state index in [1.54, 1.807) is 0 Å². The Kier molecular flexibility index (Phi) is 7.74. The van der Waals surface area contributed by atoms with Crippen LogP contribution in [0.5, 0.6) is 11.5 Å². The normalized spacial score (nSPS) is 17.1. The summed E-state index contributed by atoms with van der Waals surface area (Å²) in [5.41, 5.74) is -1.08. The fourth-order valence-corrected chi connectivity index (χ4v) is 4.30. The van der Waals surface area contributed by atoms with Crippen LogP contribution in [0.3, 0.4) is 0 Å². The highest BCUT2D eigenvalue weighted by Gasteiger charge is 2.27. The maximum absolute atomic E-state index is 13.4. The molecule has 2 aliphatic heterocycles. The summed E-state index contributed by atoms with van der Waals surface area (Å²) in [5.74, 6) is -1.77. The van der Waals surface area contributed by atoms with Gasteiger partial charge >= 0.3 is 11.4 Å². The lowest BCUT2D eigenvalue weighted by molar-refractivity contribution is -0.386. The Bertz CT molecular complexity index is 1090. The minimum atomic E-state index is -0.780. The standard InChI is InChI=1S/C23H26N4O9/c28-21(15-9-17(13-24-1-5-35-6-2-24)22(29)19(11-15)26(31)32)16-10-18(14-25-3-7-36-8-4-25)23(30)20(12-16)27(33)34/h9-12,29-30H,1-8,13-14H2. The molecule has 0 saturated carbocycles. The second kappa shape index (κ2) is 11.0. The van der Waals surface area contributed by atoms with E-state index in [1.165, 1.54) is 12.1 Å². The third kappa shape index (κ3) is 5.60. The lowest BCUT2D eigenvalue weighted by Gasteiger charge is -2.27. The van der Waals surface area contributed by atoms with E-state index in [1.807, 2.05) is 9.80 Å². The van der Waals surface area contributed by atoms with Crippen molar-refractivity contribution < 1.29 is 34.3 Å². The van der Waals surface area contributed by atoms with Crippen LogP contribution >= 0.6 is 0 Å². The highest BCUT2D eigenvalue weighted by molar-refractivity contribution is 6.10. The number of carbonyl (C=O) groups excluding carboxylic acids is 1. The lowest BCUT2D eigenvalue weighted by atomic mass is 9.97. The molecule has 2 aromatic carbocycles. The van der Waals surface area contributed by atoms with E-state index in [4.69, 9.17) is 9.47 Å². The number of phenolic OH excluding ortho intramolecular Hbond substituents is 2. The molecule has 0 bridgehead atoms. The molecule has 4 rings (SSSR count). The number of hydrogen-bond acceptors (Lipinski definition) is 11. The van der Waals surface area contributed by atoms with Crippen LogP contribution in [-0.2, 0) is 22.6 Å². The smallest absolute Gasteiger partial charge is 0.311 e. The Morgan fingerprint density at radius 2 is 1.11 bits per heavy atom.